The van der Waals surface area contributed by atoms with Crippen LogP contribution in [0.2, 0.25) is 0 Å². The average molecular weight is 572 g/mol. The summed E-state index contributed by atoms with van der Waals surface area (Å²) < 4.78 is 40.9. The second-order valence-electron chi connectivity index (χ2n) is 10.2. The fraction of sp³-hybridized carbons (Fsp3) is 0.219. The first-order valence-corrected chi connectivity index (χ1v) is 13.5. The van der Waals surface area contributed by atoms with Crippen molar-refractivity contribution in [3.8, 4) is 5.75 Å². The highest BCUT2D eigenvalue weighted by Gasteiger charge is 2.44. The van der Waals surface area contributed by atoms with Crippen molar-refractivity contribution in [3.63, 3.8) is 0 Å². The van der Waals surface area contributed by atoms with Crippen LogP contribution in [0.4, 0.5) is 8.78 Å². The van der Waals surface area contributed by atoms with Crippen LogP contribution in [0.15, 0.2) is 89.9 Å². The van der Waals surface area contributed by atoms with Crippen molar-refractivity contribution in [2.75, 3.05) is 6.61 Å². The summed E-state index contributed by atoms with van der Waals surface area (Å²) in [6, 6.07) is 21.7. The van der Waals surface area contributed by atoms with E-state index >= 15 is 0 Å². The third-order valence-corrected chi connectivity index (χ3v) is 7.45. The van der Waals surface area contributed by atoms with E-state index in [1.165, 1.54) is 16.8 Å². The largest absolute Gasteiger partial charge is 0.483 e. The van der Waals surface area contributed by atoms with Gasteiger partial charge in [-0.2, -0.15) is 0 Å². The molecule has 1 saturated heterocycles. The van der Waals surface area contributed by atoms with Crippen molar-refractivity contribution >= 4 is 11.8 Å². The van der Waals surface area contributed by atoms with Gasteiger partial charge in [0.25, 0.3) is 11.8 Å². The van der Waals surface area contributed by atoms with Crippen LogP contribution in [0.25, 0.3) is 0 Å². The standard InChI is InChI=1S/C32H27F2N3O5/c33-23-12-11-22(26(34)14-23)15-35-31(39)25-16-36-17-27-37(24(19-41-27)13-20-7-3-1-4-8-20)32(40)28(36)30(29(25)38)42-18-21-9-5-2-6-10-21/h1-12,14,16,24,27H,13,15,17-19H2,(H,35,39). The lowest BCUT2D eigenvalue weighted by Crippen LogP contribution is -2.50. The number of nitrogens with zero attached hydrogens (tertiary/aromatic N) is 2. The molecule has 2 aliphatic rings. The molecule has 1 N–H and O–H groups in total. The lowest BCUT2D eigenvalue weighted by molar-refractivity contribution is 0.00554. The van der Waals surface area contributed by atoms with Crippen molar-refractivity contribution in [3.05, 3.63) is 135 Å². The molecule has 42 heavy (non-hydrogen) atoms. The number of benzene rings is 3. The van der Waals surface area contributed by atoms with Crippen LogP contribution in [0.3, 0.4) is 0 Å². The van der Waals surface area contributed by atoms with E-state index in [-0.39, 0.29) is 48.3 Å². The Bertz CT molecular complexity index is 1690. The van der Waals surface area contributed by atoms with Gasteiger partial charge >= 0.3 is 0 Å². The van der Waals surface area contributed by atoms with E-state index in [4.69, 9.17) is 9.47 Å². The molecule has 2 amide bonds. The number of amides is 2. The van der Waals surface area contributed by atoms with Crippen molar-refractivity contribution in [2.24, 2.45) is 0 Å². The third kappa shape index (κ3) is 5.40. The highest BCUT2D eigenvalue weighted by molar-refractivity contribution is 5.99. The van der Waals surface area contributed by atoms with Crippen molar-refractivity contribution in [1.29, 1.82) is 0 Å². The van der Waals surface area contributed by atoms with Gasteiger partial charge in [-0.3, -0.25) is 14.4 Å². The second kappa shape index (κ2) is 11.6. The Morgan fingerprint density at radius 3 is 2.40 bits per heavy atom. The molecule has 0 radical (unpaired) electrons. The van der Waals surface area contributed by atoms with Gasteiger partial charge in [0.15, 0.2) is 17.7 Å². The summed E-state index contributed by atoms with van der Waals surface area (Å²) in [6.45, 7) is 0.226. The maximum atomic E-state index is 14.1. The Morgan fingerprint density at radius 1 is 0.976 bits per heavy atom. The Balaban J connectivity index is 1.33. The van der Waals surface area contributed by atoms with Gasteiger partial charge in [0.05, 0.1) is 19.2 Å². The summed E-state index contributed by atoms with van der Waals surface area (Å²) in [5, 5.41) is 2.52. The second-order valence-corrected chi connectivity index (χ2v) is 10.2. The van der Waals surface area contributed by atoms with E-state index in [0.29, 0.717) is 13.0 Å². The number of aromatic nitrogens is 1. The van der Waals surface area contributed by atoms with Gasteiger partial charge in [-0.05, 0) is 23.6 Å². The molecular weight excluding hydrogens is 544 g/mol. The van der Waals surface area contributed by atoms with E-state index < -0.39 is 35.1 Å². The van der Waals surface area contributed by atoms with Crippen LogP contribution in [0.1, 0.15) is 37.5 Å². The van der Waals surface area contributed by atoms with Gasteiger partial charge in [0.2, 0.25) is 5.43 Å². The van der Waals surface area contributed by atoms with Crippen molar-refractivity contribution in [1.82, 2.24) is 14.8 Å². The summed E-state index contributed by atoms with van der Waals surface area (Å²) in [4.78, 5) is 42.5. The third-order valence-electron chi connectivity index (χ3n) is 7.45. The van der Waals surface area contributed by atoms with Gasteiger partial charge in [-0.1, -0.05) is 66.7 Å². The number of rotatable bonds is 8. The van der Waals surface area contributed by atoms with Crippen LogP contribution >= 0.6 is 0 Å². The molecule has 3 aromatic carbocycles. The normalized spacial score (nSPS) is 17.5. The van der Waals surface area contributed by atoms with E-state index in [9.17, 15) is 23.2 Å². The predicted octanol–water partition coefficient (Wildman–Crippen LogP) is 4.06. The number of hydrogen-bond acceptors (Lipinski definition) is 5. The summed E-state index contributed by atoms with van der Waals surface area (Å²) in [7, 11) is 0. The minimum absolute atomic E-state index is 0.00437. The zero-order valence-electron chi connectivity index (χ0n) is 22.5. The first-order chi connectivity index (χ1) is 20.4. The predicted molar refractivity (Wildman–Crippen MR) is 149 cm³/mol. The number of ether oxygens (including phenoxy) is 2. The zero-order valence-corrected chi connectivity index (χ0v) is 22.5. The molecule has 214 valence electrons. The topological polar surface area (TPSA) is 89.9 Å². The maximum absolute atomic E-state index is 14.1. The molecule has 0 aliphatic carbocycles. The summed E-state index contributed by atoms with van der Waals surface area (Å²) in [6.07, 6.45) is 1.30. The summed E-state index contributed by atoms with van der Waals surface area (Å²) in [5.41, 5.74) is 0.873. The lowest BCUT2D eigenvalue weighted by atomic mass is 10.0. The van der Waals surface area contributed by atoms with E-state index in [1.807, 2.05) is 60.7 Å². The smallest absolute Gasteiger partial charge is 0.276 e. The van der Waals surface area contributed by atoms with Crippen LogP contribution < -0.4 is 15.5 Å². The van der Waals surface area contributed by atoms with Gasteiger partial charge < -0.3 is 24.3 Å². The quantitative estimate of drug-likeness (QED) is 0.345. The molecule has 8 nitrogen and oxygen atoms in total. The fourth-order valence-electron chi connectivity index (χ4n) is 5.35. The molecule has 2 atom stereocenters. The zero-order chi connectivity index (χ0) is 29.2. The van der Waals surface area contributed by atoms with Crippen molar-refractivity contribution in [2.45, 2.75) is 38.4 Å². The molecule has 6 rings (SSSR count). The van der Waals surface area contributed by atoms with Gasteiger partial charge in [-0.25, -0.2) is 8.78 Å². The highest BCUT2D eigenvalue weighted by atomic mass is 19.1. The minimum atomic E-state index is -0.821. The van der Waals surface area contributed by atoms with Crippen molar-refractivity contribution < 1.29 is 27.8 Å². The maximum Gasteiger partial charge on any atom is 0.276 e. The number of carbonyl (C=O) groups is 2. The highest BCUT2D eigenvalue weighted by Crippen LogP contribution is 2.32. The van der Waals surface area contributed by atoms with Gasteiger partial charge in [0, 0.05) is 24.4 Å². The first kappa shape index (κ1) is 27.3. The molecular formula is C32H27F2N3O5. The van der Waals surface area contributed by atoms with Gasteiger partial charge in [-0.15, -0.1) is 0 Å². The summed E-state index contributed by atoms with van der Waals surface area (Å²) in [5.74, 6) is -3.01. The van der Waals surface area contributed by atoms with Crippen LogP contribution in [0.5, 0.6) is 5.75 Å². The average Bonchev–Trinajstić information content (AvgIpc) is 3.39. The number of fused-ring (bicyclic) bond motifs is 2. The van der Waals surface area contributed by atoms with Gasteiger partial charge in [0.1, 0.15) is 23.8 Å². The molecule has 0 saturated carbocycles. The monoisotopic (exact) mass is 571 g/mol. The van der Waals surface area contributed by atoms with E-state index in [2.05, 4.69) is 5.32 Å². The molecule has 1 aromatic heterocycles. The van der Waals surface area contributed by atoms with Crippen LogP contribution in [0, 0.1) is 11.6 Å². The molecule has 10 heteroatoms. The number of carbonyl (C=O) groups excluding carboxylic acids is 2. The molecule has 2 unspecified atom stereocenters. The fourth-order valence-corrected chi connectivity index (χ4v) is 5.35. The number of pyridine rings is 1. The molecule has 3 heterocycles. The molecule has 0 spiro atoms. The molecule has 4 aromatic rings. The Hall–Kier alpha value is -4.83. The summed E-state index contributed by atoms with van der Waals surface area (Å²) >= 11 is 0. The van der Waals surface area contributed by atoms with E-state index in [1.54, 1.807) is 4.90 Å². The molecule has 0 bridgehead atoms. The molecule has 2 aliphatic heterocycles. The Labute approximate surface area is 240 Å². The SMILES string of the molecule is O=C(NCc1ccc(F)cc1F)c1cn2c(c(OCc3ccccc3)c1=O)C(=O)N1C(Cc3ccccc3)COC1C2. The number of halogens is 2. The Kier molecular flexibility index (Phi) is 7.54. The number of nitrogens with one attached hydrogen (secondary N) is 1. The van der Waals surface area contributed by atoms with Crippen LogP contribution in [-0.2, 0) is 30.9 Å². The Morgan fingerprint density at radius 2 is 1.69 bits per heavy atom. The van der Waals surface area contributed by atoms with Crippen LogP contribution in [-0.4, -0.2) is 40.2 Å². The number of hydrogen-bond donors (Lipinski definition) is 1. The molecule has 1 fully saturated rings. The minimum Gasteiger partial charge on any atom is -0.483 e. The van der Waals surface area contributed by atoms with E-state index in [0.717, 1.165) is 23.3 Å². The first-order valence-electron chi connectivity index (χ1n) is 13.5. The lowest BCUT2D eigenvalue weighted by Gasteiger charge is -2.35.